The molecule has 8 nitrogen and oxygen atoms in total. The minimum atomic E-state index is -0.352. The van der Waals surface area contributed by atoms with Crippen LogP contribution in [0.15, 0.2) is 21.5 Å². The third kappa shape index (κ3) is 7.69. The van der Waals surface area contributed by atoms with E-state index in [4.69, 9.17) is 26.4 Å². The second-order valence-electron chi connectivity index (χ2n) is 8.30. The Labute approximate surface area is 229 Å². The van der Waals surface area contributed by atoms with Gasteiger partial charge in [-0.1, -0.05) is 30.9 Å². The lowest BCUT2D eigenvalue weighted by molar-refractivity contribution is -0.144. The number of rotatable bonds is 11. The number of thioether (sulfide) groups is 1. The molecule has 0 saturated carbocycles. The van der Waals surface area contributed by atoms with E-state index in [0.717, 1.165) is 38.8 Å². The Morgan fingerprint density at radius 2 is 1.92 bits per heavy atom. The van der Waals surface area contributed by atoms with E-state index in [0.29, 0.717) is 44.0 Å². The van der Waals surface area contributed by atoms with Gasteiger partial charge in [0.25, 0.3) is 11.8 Å². The highest BCUT2D eigenvalue weighted by atomic mass is 79.9. The Balaban J connectivity index is 1.70. The molecule has 0 N–H and O–H groups in total. The molecule has 196 valence electrons. The number of carbonyl (C=O) groups is 3. The lowest BCUT2D eigenvalue weighted by Gasteiger charge is -2.26. The molecule has 3 rings (SSSR count). The number of nitrogens with zero attached hydrogens (tertiary/aromatic N) is 2. The fraction of sp³-hybridized carbons (Fsp3) is 0.520. The summed E-state index contributed by atoms with van der Waals surface area (Å²) in [6, 6.07) is 3.57. The van der Waals surface area contributed by atoms with Crippen LogP contribution in [0, 0.1) is 0 Å². The summed E-state index contributed by atoms with van der Waals surface area (Å²) < 4.78 is 17.7. The van der Waals surface area contributed by atoms with Gasteiger partial charge in [-0.15, -0.1) is 0 Å². The van der Waals surface area contributed by atoms with Gasteiger partial charge in [-0.2, -0.15) is 0 Å². The predicted molar refractivity (Wildman–Crippen MR) is 147 cm³/mol. The van der Waals surface area contributed by atoms with Crippen molar-refractivity contribution in [3.05, 3.63) is 27.1 Å². The summed E-state index contributed by atoms with van der Waals surface area (Å²) in [5.74, 6) is 0.260. The van der Waals surface area contributed by atoms with Gasteiger partial charge in [0, 0.05) is 19.6 Å². The minimum Gasteiger partial charge on any atom is -0.490 e. The fourth-order valence-corrected chi connectivity index (χ4v) is 5.66. The van der Waals surface area contributed by atoms with Gasteiger partial charge in [-0.3, -0.25) is 19.3 Å². The number of halogens is 1. The van der Waals surface area contributed by atoms with Crippen molar-refractivity contribution in [2.24, 2.45) is 0 Å². The third-order valence-corrected chi connectivity index (χ3v) is 7.53. The van der Waals surface area contributed by atoms with Crippen molar-refractivity contribution in [1.29, 1.82) is 0 Å². The van der Waals surface area contributed by atoms with Crippen LogP contribution in [0.4, 0.5) is 0 Å². The zero-order valence-electron chi connectivity index (χ0n) is 20.5. The van der Waals surface area contributed by atoms with Gasteiger partial charge in [-0.25, -0.2) is 0 Å². The van der Waals surface area contributed by atoms with Crippen LogP contribution >= 0.6 is 39.9 Å². The maximum absolute atomic E-state index is 12.9. The quantitative estimate of drug-likeness (QED) is 0.204. The highest BCUT2D eigenvalue weighted by molar-refractivity contribution is 9.10. The van der Waals surface area contributed by atoms with Crippen LogP contribution in [0.5, 0.6) is 11.5 Å². The molecular weight excluding hydrogens is 568 g/mol. The normalized spacial score (nSPS) is 17.0. The zero-order chi connectivity index (χ0) is 26.1. The van der Waals surface area contributed by atoms with Crippen LogP contribution < -0.4 is 9.47 Å². The molecule has 2 heterocycles. The summed E-state index contributed by atoms with van der Waals surface area (Å²) in [5.41, 5.74) is 0.711. The molecular formula is C25H31BrN2O6S2. The second kappa shape index (κ2) is 14.0. The van der Waals surface area contributed by atoms with E-state index < -0.39 is 0 Å². The monoisotopic (exact) mass is 598 g/mol. The number of esters is 1. The van der Waals surface area contributed by atoms with E-state index in [-0.39, 0.29) is 37.4 Å². The Hall–Kier alpha value is -2.11. The number of piperidine rings is 1. The molecule has 1 aromatic carbocycles. The first-order chi connectivity index (χ1) is 17.3. The van der Waals surface area contributed by atoms with Crippen molar-refractivity contribution in [3.8, 4) is 11.5 Å². The van der Waals surface area contributed by atoms with Gasteiger partial charge in [0.05, 0.1) is 29.0 Å². The summed E-state index contributed by atoms with van der Waals surface area (Å²) in [7, 11) is 0. The number of hydrogen-bond donors (Lipinski definition) is 0. The van der Waals surface area contributed by atoms with Crippen molar-refractivity contribution < 1.29 is 28.6 Å². The van der Waals surface area contributed by atoms with Crippen molar-refractivity contribution in [3.63, 3.8) is 0 Å². The smallest absolute Gasteiger partial charge is 0.307 e. The molecule has 2 amide bonds. The lowest BCUT2D eigenvalue weighted by Crippen LogP contribution is -2.38. The van der Waals surface area contributed by atoms with Crippen LogP contribution in [0.2, 0.25) is 0 Å². The van der Waals surface area contributed by atoms with Gasteiger partial charge in [-0.05, 0) is 72.3 Å². The third-order valence-electron chi connectivity index (χ3n) is 5.56. The first kappa shape index (κ1) is 28.5. The molecule has 2 aliphatic heterocycles. The molecule has 0 atom stereocenters. The van der Waals surface area contributed by atoms with E-state index in [2.05, 4.69) is 15.9 Å². The van der Waals surface area contributed by atoms with Crippen LogP contribution in [0.1, 0.15) is 51.5 Å². The molecule has 36 heavy (non-hydrogen) atoms. The zero-order valence-corrected chi connectivity index (χ0v) is 23.8. The molecule has 2 saturated heterocycles. The van der Waals surface area contributed by atoms with Crippen LogP contribution in [0.25, 0.3) is 6.08 Å². The van der Waals surface area contributed by atoms with Gasteiger partial charge >= 0.3 is 5.97 Å². The molecule has 0 bridgehead atoms. The second-order valence-corrected chi connectivity index (χ2v) is 10.8. The molecule has 0 unspecified atom stereocenters. The van der Waals surface area contributed by atoms with Gasteiger partial charge in [0.15, 0.2) is 18.1 Å². The Morgan fingerprint density at radius 3 is 2.61 bits per heavy atom. The lowest BCUT2D eigenvalue weighted by atomic mass is 10.1. The van der Waals surface area contributed by atoms with Gasteiger partial charge < -0.3 is 19.1 Å². The molecule has 0 aliphatic carbocycles. The largest absolute Gasteiger partial charge is 0.490 e. The number of benzene rings is 1. The van der Waals surface area contributed by atoms with Gasteiger partial charge in [0.2, 0.25) is 0 Å². The van der Waals surface area contributed by atoms with Crippen molar-refractivity contribution in [1.82, 2.24) is 9.80 Å². The fourth-order valence-electron chi connectivity index (χ4n) is 3.78. The minimum absolute atomic E-state index is 0.0459. The Morgan fingerprint density at radius 1 is 1.17 bits per heavy atom. The first-order valence-electron chi connectivity index (χ1n) is 12.1. The van der Waals surface area contributed by atoms with Crippen molar-refractivity contribution >= 4 is 68.1 Å². The molecule has 11 heteroatoms. The number of hydrogen-bond acceptors (Lipinski definition) is 8. The van der Waals surface area contributed by atoms with E-state index in [9.17, 15) is 14.4 Å². The maximum Gasteiger partial charge on any atom is 0.307 e. The topological polar surface area (TPSA) is 85.4 Å². The molecule has 0 aromatic heterocycles. The summed E-state index contributed by atoms with van der Waals surface area (Å²) in [5, 5.41) is 0. The van der Waals surface area contributed by atoms with Crippen LogP contribution in [0.3, 0.4) is 0 Å². The SMILES string of the molecule is CCCOC(=O)CCN1C(=O)/C(=C\c2cc(Br)c(OCC(=O)N3CCCCC3)c(OCC)c2)SC1=S. The molecule has 2 fully saturated rings. The molecule has 1 aromatic rings. The van der Waals surface area contributed by atoms with Crippen molar-refractivity contribution in [2.45, 2.75) is 46.0 Å². The molecule has 2 aliphatic rings. The number of thiocarbonyl (C=S) groups is 1. The van der Waals surface area contributed by atoms with Gasteiger partial charge in [0.1, 0.15) is 4.32 Å². The summed E-state index contributed by atoms with van der Waals surface area (Å²) in [6.07, 6.45) is 5.74. The number of amides is 2. The van der Waals surface area contributed by atoms with E-state index >= 15 is 0 Å². The Bertz CT molecular complexity index is 1030. The standard InChI is InChI=1S/C25H31BrN2O6S2/c1-3-12-33-22(30)8-11-28-24(31)20(36-25(28)35)15-17-13-18(26)23(19(14-17)32-4-2)34-16-21(29)27-9-6-5-7-10-27/h13-15H,3-12,16H2,1-2H3/b20-15+. The predicted octanol–water partition coefficient (Wildman–Crippen LogP) is 4.78. The highest BCUT2D eigenvalue weighted by Crippen LogP contribution is 2.39. The summed E-state index contributed by atoms with van der Waals surface area (Å²) in [6.45, 7) is 6.18. The average molecular weight is 600 g/mol. The van der Waals surface area contributed by atoms with Crippen LogP contribution in [-0.4, -0.2) is 71.4 Å². The number of carbonyl (C=O) groups excluding carboxylic acids is 3. The van der Waals surface area contributed by atoms with Crippen LogP contribution in [-0.2, 0) is 19.1 Å². The molecule has 0 spiro atoms. The first-order valence-corrected chi connectivity index (χ1v) is 14.1. The summed E-state index contributed by atoms with van der Waals surface area (Å²) >= 11 is 10.1. The van der Waals surface area contributed by atoms with E-state index in [1.165, 1.54) is 16.7 Å². The summed E-state index contributed by atoms with van der Waals surface area (Å²) in [4.78, 5) is 41.0. The molecule has 0 radical (unpaired) electrons. The highest BCUT2D eigenvalue weighted by Gasteiger charge is 2.32. The number of likely N-dealkylation sites (tertiary alicyclic amines) is 1. The van der Waals surface area contributed by atoms with E-state index in [1.54, 1.807) is 18.2 Å². The maximum atomic E-state index is 12.9. The Kier molecular flexibility index (Phi) is 11.1. The average Bonchev–Trinajstić information content (AvgIpc) is 3.13. The van der Waals surface area contributed by atoms with E-state index in [1.807, 2.05) is 18.7 Å². The van der Waals surface area contributed by atoms with Crippen molar-refractivity contribution in [2.75, 3.05) is 39.5 Å². The number of ether oxygens (including phenoxy) is 3.